The molecule has 0 radical (unpaired) electrons. The molecular formula is C30H35ClN2O8SSi. The molecule has 10 nitrogen and oxygen atoms in total. The van der Waals surface area contributed by atoms with Crippen molar-refractivity contribution in [1.82, 2.24) is 4.90 Å². The molecule has 2 aromatic rings. The summed E-state index contributed by atoms with van der Waals surface area (Å²) in [6.45, 7) is 11.9. The number of esters is 1. The van der Waals surface area contributed by atoms with Gasteiger partial charge in [-0.2, -0.15) is 0 Å². The average molecular weight is 647 g/mol. The van der Waals surface area contributed by atoms with Gasteiger partial charge in [-0.25, -0.2) is 4.79 Å². The largest absolute Gasteiger partial charge is 0.611 e. The number of benzene rings is 2. The lowest BCUT2D eigenvalue weighted by Crippen LogP contribution is -2.64. The first-order chi connectivity index (χ1) is 20.0. The van der Waals surface area contributed by atoms with E-state index in [1.165, 1.54) is 24.3 Å². The zero-order chi connectivity index (χ0) is 31.9. The number of Topliss-reactive ketones (excluding diaryl/α,β-unsaturated/α-hetero) is 1. The Bertz CT molecular complexity index is 1470. The number of carbonyl (C=O) groups excluding carboxylic acids is 3. The fourth-order valence-electron chi connectivity index (χ4n) is 4.82. The van der Waals surface area contributed by atoms with Crippen LogP contribution >= 0.6 is 11.6 Å². The number of rotatable bonds is 8. The quantitative estimate of drug-likeness (QED) is 0.0408. The van der Waals surface area contributed by atoms with E-state index in [9.17, 15) is 29.1 Å². The third-order valence-electron chi connectivity index (χ3n) is 8.26. The van der Waals surface area contributed by atoms with E-state index in [0.717, 1.165) is 4.90 Å². The molecule has 0 bridgehead atoms. The van der Waals surface area contributed by atoms with Crippen molar-refractivity contribution in [3.05, 3.63) is 81.0 Å². The van der Waals surface area contributed by atoms with Gasteiger partial charge in [0.1, 0.15) is 23.6 Å². The van der Waals surface area contributed by atoms with Crippen LogP contribution in [0.2, 0.25) is 18.1 Å². The number of ketones is 1. The Labute approximate surface area is 259 Å². The second-order valence-electron chi connectivity index (χ2n) is 12.2. The van der Waals surface area contributed by atoms with Crippen LogP contribution in [0.25, 0.3) is 0 Å². The van der Waals surface area contributed by atoms with Crippen molar-refractivity contribution in [3.8, 4) is 0 Å². The summed E-state index contributed by atoms with van der Waals surface area (Å²) < 4.78 is 25.3. The molecule has 2 heterocycles. The molecule has 2 aliphatic rings. The van der Waals surface area contributed by atoms with Crippen molar-refractivity contribution in [2.75, 3.05) is 5.75 Å². The molecule has 2 aromatic carbocycles. The first-order valence-electron chi connectivity index (χ1n) is 13.8. The minimum absolute atomic E-state index is 0.107. The third-order valence-corrected chi connectivity index (χ3v) is 14.8. The molecule has 0 spiro atoms. The molecular weight excluding hydrogens is 612 g/mol. The van der Waals surface area contributed by atoms with E-state index < -0.39 is 53.8 Å². The van der Waals surface area contributed by atoms with Crippen LogP contribution in [0.4, 0.5) is 5.69 Å². The first kappa shape index (κ1) is 32.9. The Balaban J connectivity index is 1.66. The van der Waals surface area contributed by atoms with Crippen molar-refractivity contribution in [2.45, 2.75) is 75.4 Å². The normalized spacial score (nSPS) is 22.7. The van der Waals surface area contributed by atoms with Crippen molar-refractivity contribution in [1.29, 1.82) is 0 Å². The summed E-state index contributed by atoms with van der Waals surface area (Å²) in [5.41, 5.74) is -0.353. The van der Waals surface area contributed by atoms with Gasteiger partial charge in [-0.3, -0.25) is 24.6 Å². The van der Waals surface area contributed by atoms with Crippen LogP contribution in [-0.2, 0) is 36.5 Å². The zero-order valence-electron chi connectivity index (χ0n) is 24.9. The van der Waals surface area contributed by atoms with Crippen molar-refractivity contribution in [3.63, 3.8) is 0 Å². The van der Waals surface area contributed by atoms with E-state index in [-0.39, 0.29) is 46.6 Å². The van der Waals surface area contributed by atoms with E-state index in [1.54, 1.807) is 31.2 Å². The third kappa shape index (κ3) is 6.73. The van der Waals surface area contributed by atoms with E-state index in [1.807, 2.05) is 0 Å². The number of amides is 1. The highest BCUT2D eigenvalue weighted by molar-refractivity contribution is 7.91. The van der Waals surface area contributed by atoms with Gasteiger partial charge in [-0.1, -0.05) is 44.5 Å². The molecule has 230 valence electrons. The number of non-ortho nitro benzene ring substituents is 1. The first-order valence-corrected chi connectivity index (χ1v) is 18.5. The standard InChI is InChI=1S/C30H35ClN2O8SSi/c1-18(41-43(5,6)30(2,3)4)25-27(31)32(28(25)35)26(29(36)40-16-19-11-13-21(14-12-19)33(37)38)20-15-23(34)22-9-7-8-10-24(22)42(39)17-20/h7-14,18,25,27H,15-17H2,1-6H3/t18-,25-,27+,42?/m0/s1. The van der Waals surface area contributed by atoms with E-state index in [2.05, 4.69) is 33.9 Å². The van der Waals surface area contributed by atoms with Crippen molar-refractivity contribution < 1.29 is 33.0 Å². The monoisotopic (exact) mass is 646 g/mol. The number of halogens is 1. The van der Waals surface area contributed by atoms with Crippen LogP contribution in [0, 0.1) is 16.0 Å². The lowest BCUT2D eigenvalue weighted by molar-refractivity contribution is -0.384. The summed E-state index contributed by atoms with van der Waals surface area (Å²) in [7, 11) is -2.26. The minimum Gasteiger partial charge on any atom is -0.611 e. The molecule has 0 aliphatic carbocycles. The number of alkyl halides is 1. The van der Waals surface area contributed by atoms with E-state index in [0.29, 0.717) is 16.0 Å². The van der Waals surface area contributed by atoms with Crippen LogP contribution in [0.1, 0.15) is 50.0 Å². The van der Waals surface area contributed by atoms with Crippen LogP contribution in [0.3, 0.4) is 0 Å². The lowest BCUT2D eigenvalue weighted by atomic mass is 9.90. The Morgan fingerprint density at radius 3 is 2.37 bits per heavy atom. The van der Waals surface area contributed by atoms with Crippen molar-refractivity contribution in [2.24, 2.45) is 5.92 Å². The number of ether oxygens (including phenoxy) is 1. The van der Waals surface area contributed by atoms with Gasteiger partial charge in [-0.15, -0.1) is 0 Å². The topological polar surface area (TPSA) is 139 Å². The summed E-state index contributed by atoms with van der Waals surface area (Å²) in [5, 5.41) is 10.9. The number of carbonyl (C=O) groups is 3. The molecule has 0 saturated carbocycles. The highest BCUT2D eigenvalue weighted by Gasteiger charge is 2.55. The summed E-state index contributed by atoms with van der Waals surface area (Å²) in [6, 6.07) is 12.0. The predicted molar refractivity (Wildman–Crippen MR) is 164 cm³/mol. The number of nitrogens with zero attached hydrogens (tertiary/aromatic N) is 2. The van der Waals surface area contributed by atoms with Gasteiger partial charge in [0.25, 0.3) is 5.69 Å². The molecule has 0 aromatic heterocycles. The second-order valence-corrected chi connectivity index (χ2v) is 18.9. The molecule has 1 saturated heterocycles. The van der Waals surface area contributed by atoms with Crippen LogP contribution < -0.4 is 0 Å². The van der Waals surface area contributed by atoms with Crippen LogP contribution in [0.15, 0.2) is 64.7 Å². The molecule has 2 aliphatic heterocycles. The minimum atomic E-state index is -2.26. The molecule has 4 atom stereocenters. The number of hydrogen-bond donors (Lipinski definition) is 0. The molecule has 4 rings (SSSR count). The molecule has 0 N–H and O–H groups in total. The SMILES string of the molecule is C[C@H](O[Si](C)(C)C(C)(C)C)[C@@H]1C(=O)N(C(C(=O)OCc2ccc([N+](=O)[O-])cc2)=C2CC(=O)c3ccccc3[S+]([O-])C2)[C@H]1Cl. The average Bonchev–Trinajstić information content (AvgIpc) is 3.05. The number of nitro groups is 1. The molecule has 43 heavy (non-hydrogen) atoms. The predicted octanol–water partition coefficient (Wildman–Crippen LogP) is 5.72. The summed E-state index contributed by atoms with van der Waals surface area (Å²) in [5.74, 6) is -2.64. The molecule has 1 unspecified atom stereocenters. The van der Waals surface area contributed by atoms with Gasteiger partial charge < -0.3 is 13.7 Å². The van der Waals surface area contributed by atoms with Gasteiger partial charge >= 0.3 is 5.97 Å². The Morgan fingerprint density at radius 2 is 1.79 bits per heavy atom. The Kier molecular flexibility index (Phi) is 9.58. The van der Waals surface area contributed by atoms with Crippen LogP contribution in [0.5, 0.6) is 0 Å². The summed E-state index contributed by atoms with van der Waals surface area (Å²) in [4.78, 5) is 52.5. The van der Waals surface area contributed by atoms with Gasteiger partial charge in [0.15, 0.2) is 19.0 Å². The molecule has 13 heteroatoms. The maximum absolute atomic E-state index is 13.7. The zero-order valence-corrected chi connectivity index (χ0v) is 27.5. The number of β-lactam (4-membered cyclic amide) rings is 1. The van der Waals surface area contributed by atoms with Crippen molar-refractivity contribution >= 4 is 54.4 Å². The second kappa shape index (κ2) is 12.5. The lowest BCUT2D eigenvalue weighted by Gasteiger charge is -2.49. The summed E-state index contributed by atoms with van der Waals surface area (Å²) in [6.07, 6.45) is -0.789. The van der Waals surface area contributed by atoms with Gasteiger partial charge in [0, 0.05) is 24.1 Å². The number of likely N-dealkylation sites (tertiary alicyclic amines) is 1. The highest BCUT2D eigenvalue weighted by Crippen LogP contribution is 2.43. The number of nitro benzene ring substituents is 1. The van der Waals surface area contributed by atoms with Gasteiger partial charge in [0.05, 0.1) is 22.5 Å². The fourth-order valence-corrected chi connectivity index (χ4v) is 8.12. The fraction of sp³-hybridized carbons (Fsp3) is 0.433. The van der Waals surface area contributed by atoms with Gasteiger partial charge in [0.2, 0.25) is 5.91 Å². The number of hydrogen-bond acceptors (Lipinski definition) is 8. The summed E-state index contributed by atoms with van der Waals surface area (Å²) >= 11 is 5.14. The smallest absolute Gasteiger partial charge is 0.355 e. The van der Waals surface area contributed by atoms with E-state index >= 15 is 0 Å². The number of fused-ring (bicyclic) bond motifs is 1. The Hall–Kier alpha value is -3.03. The Morgan fingerprint density at radius 1 is 1.16 bits per heavy atom. The molecule has 1 amide bonds. The van der Waals surface area contributed by atoms with Crippen LogP contribution in [-0.4, -0.2) is 57.7 Å². The van der Waals surface area contributed by atoms with Gasteiger partial charge in [-0.05, 0) is 66.1 Å². The molecule has 1 fully saturated rings. The maximum atomic E-state index is 13.7. The van der Waals surface area contributed by atoms with E-state index in [4.69, 9.17) is 20.8 Å². The highest BCUT2D eigenvalue weighted by atomic mass is 35.5. The maximum Gasteiger partial charge on any atom is 0.355 e.